The third-order valence-corrected chi connectivity index (χ3v) is 1.44. The maximum absolute atomic E-state index is 11.1. The molecule has 0 amide bonds. The summed E-state index contributed by atoms with van der Waals surface area (Å²) in [5, 5.41) is 0. The van der Waals surface area contributed by atoms with E-state index in [4.69, 9.17) is 0 Å². The molecule has 70 valence electrons. The molecule has 0 bridgehead atoms. The second-order valence-corrected chi connectivity index (χ2v) is 2.31. The van der Waals surface area contributed by atoms with E-state index < -0.39 is 5.97 Å². The Bertz CT molecular complexity index is 415. The number of carbonyl (C=O) groups is 2. The first kappa shape index (κ1) is 9.93. The molecular weight excluding hydrogens is 182 g/mol. The molecule has 0 aliphatic rings. The lowest BCUT2D eigenvalue weighted by molar-refractivity contribution is -0.103. The molecule has 0 unspecified atom stereocenters. The van der Waals surface area contributed by atoms with Crippen LogP contribution in [0.25, 0.3) is 0 Å². The number of methoxy groups -OCH3 is 1. The van der Waals surface area contributed by atoms with Crippen molar-refractivity contribution in [2.45, 2.75) is 0 Å². The number of aldehydes is 1. The van der Waals surface area contributed by atoms with Crippen molar-refractivity contribution in [3.63, 3.8) is 0 Å². The smallest absolute Gasteiger partial charge is 0.338 e. The van der Waals surface area contributed by atoms with Gasteiger partial charge in [0.05, 0.1) is 12.7 Å². The van der Waals surface area contributed by atoms with Gasteiger partial charge in [-0.2, -0.15) is 0 Å². The van der Waals surface area contributed by atoms with Gasteiger partial charge in [0, 0.05) is 6.20 Å². The van der Waals surface area contributed by atoms with E-state index in [-0.39, 0.29) is 0 Å². The van der Waals surface area contributed by atoms with E-state index in [0.717, 1.165) is 0 Å². The first-order valence-electron chi connectivity index (χ1n) is 3.77. The molecule has 0 N–H and O–H groups in total. The Kier molecular flexibility index (Phi) is 3.39. The first-order chi connectivity index (χ1) is 6.77. The average Bonchev–Trinajstić information content (AvgIpc) is 2.25. The Morgan fingerprint density at radius 3 is 3.07 bits per heavy atom. The van der Waals surface area contributed by atoms with Crippen molar-refractivity contribution in [2.24, 2.45) is 0 Å². The summed E-state index contributed by atoms with van der Waals surface area (Å²) in [5.74, 6) is 4.22. The van der Waals surface area contributed by atoms with E-state index in [1.54, 1.807) is 0 Å². The van der Waals surface area contributed by atoms with Crippen LogP contribution in [0.3, 0.4) is 0 Å². The quantitative estimate of drug-likeness (QED) is 0.365. The molecule has 0 fully saturated rings. The van der Waals surface area contributed by atoms with Gasteiger partial charge in [0.2, 0.25) is 0 Å². The van der Waals surface area contributed by atoms with Crippen molar-refractivity contribution >= 4 is 12.3 Å². The maximum Gasteiger partial charge on any atom is 0.338 e. The fraction of sp³-hybridized carbons (Fsp3) is 0.100. The van der Waals surface area contributed by atoms with Crippen LogP contribution in [0.1, 0.15) is 16.1 Å². The largest absolute Gasteiger partial charge is 0.465 e. The van der Waals surface area contributed by atoms with Crippen molar-refractivity contribution in [1.29, 1.82) is 0 Å². The number of carbonyl (C=O) groups excluding carboxylic acids is 2. The summed E-state index contributed by atoms with van der Waals surface area (Å²) in [6.07, 6.45) is 1.90. The summed E-state index contributed by atoms with van der Waals surface area (Å²) in [6.45, 7) is 0. The number of esters is 1. The molecule has 0 radical (unpaired) electrons. The lowest BCUT2D eigenvalue weighted by atomic mass is 10.2. The number of aromatic nitrogens is 1. The van der Waals surface area contributed by atoms with E-state index in [0.29, 0.717) is 17.5 Å². The van der Waals surface area contributed by atoms with Crippen LogP contribution < -0.4 is 0 Å². The highest BCUT2D eigenvalue weighted by Gasteiger charge is 2.04. The normalized spacial score (nSPS) is 8.36. The Morgan fingerprint density at radius 2 is 2.43 bits per heavy atom. The van der Waals surface area contributed by atoms with Crippen molar-refractivity contribution in [3.05, 3.63) is 29.6 Å². The second-order valence-electron chi connectivity index (χ2n) is 2.31. The molecule has 0 saturated carbocycles. The predicted molar refractivity (Wildman–Crippen MR) is 48.5 cm³/mol. The molecule has 0 aliphatic heterocycles. The van der Waals surface area contributed by atoms with E-state index in [9.17, 15) is 9.59 Å². The molecule has 4 nitrogen and oxygen atoms in total. The summed E-state index contributed by atoms with van der Waals surface area (Å²) in [7, 11) is 1.29. The highest BCUT2D eigenvalue weighted by Crippen LogP contribution is 2.01. The molecule has 0 aromatic carbocycles. The fourth-order valence-electron chi connectivity index (χ4n) is 0.847. The predicted octanol–water partition coefficient (Wildman–Crippen LogP) is 0.419. The number of ether oxygens (including phenoxy) is 1. The van der Waals surface area contributed by atoms with E-state index in [1.807, 2.05) is 0 Å². The zero-order valence-electron chi connectivity index (χ0n) is 7.48. The Morgan fingerprint density at radius 1 is 1.64 bits per heavy atom. The van der Waals surface area contributed by atoms with Gasteiger partial charge in [0.1, 0.15) is 5.69 Å². The minimum Gasteiger partial charge on any atom is -0.465 e. The van der Waals surface area contributed by atoms with Crippen LogP contribution in [0.4, 0.5) is 0 Å². The Balaban J connectivity index is 3.00. The third-order valence-electron chi connectivity index (χ3n) is 1.44. The summed E-state index contributed by atoms with van der Waals surface area (Å²) >= 11 is 0. The Labute approximate surface area is 80.9 Å². The van der Waals surface area contributed by atoms with Crippen molar-refractivity contribution in [2.75, 3.05) is 7.11 Å². The highest BCUT2D eigenvalue weighted by atomic mass is 16.5. The molecule has 0 atom stereocenters. The second kappa shape index (κ2) is 4.77. The van der Waals surface area contributed by atoms with Gasteiger partial charge in [-0.25, -0.2) is 9.78 Å². The van der Waals surface area contributed by atoms with Gasteiger partial charge >= 0.3 is 5.97 Å². The third kappa shape index (κ3) is 2.42. The maximum atomic E-state index is 11.1. The molecule has 1 aromatic heterocycles. The molecule has 1 heterocycles. The van der Waals surface area contributed by atoms with Crippen LogP contribution in [-0.4, -0.2) is 24.3 Å². The topological polar surface area (TPSA) is 56.3 Å². The molecule has 1 aromatic rings. The molecule has 0 spiro atoms. The lowest BCUT2D eigenvalue weighted by Crippen LogP contribution is -2.01. The van der Waals surface area contributed by atoms with Crippen LogP contribution in [0.5, 0.6) is 0 Å². The van der Waals surface area contributed by atoms with Crippen molar-refractivity contribution in [3.8, 4) is 11.8 Å². The summed E-state index contributed by atoms with van der Waals surface area (Å²) < 4.78 is 4.51. The highest BCUT2D eigenvalue weighted by molar-refractivity contribution is 5.89. The fourth-order valence-corrected chi connectivity index (χ4v) is 0.847. The van der Waals surface area contributed by atoms with Gasteiger partial charge < -0.3 is 4.74 Å². The molecule has 14 heavy (non-hydrogen) atoms. The molecule has 4 heteroatoms. The van der Waals surface area contributed by atoms with Gasteiger partial charge in [-0.1, -0.05) is 0 Å². The SMILES string of the molecule is COC(=O)c1ccnc(C#CC=O)c1. The van der Waals surface area contributed by atoms with Crippen LogP contribution in [0, 0.1) is 11.8 Å². The monoisotopic (exact) mass is 189 g/mol. The number of rotatable bonds is 1. The van der Waals surface area contributed by atoms with Crippen molar-refractivity contribution < 1.29 is 14.3 Å². The molecule has 0 saturated heterocycles. The van der Waals surface area contributed by atoms with Crippen molar-refractivity contribution in [1.82, 2.24) is 4.98 Å². The van der Waals surface area contributed by atoms with Crippen LogP contribution in [0.2, 0.25) is 0 Å². The van der Waals surface area contributed by atoms with Crippen LogP contribution in [0.15, 0.2) is 18.3 Å². The van der Waals surface area contributed by atoms with Gasteiger partial charge in [-0.15, -0.1) is 0 Å². The number of nitrogens with zero attached hydrogens (tertiary/aromatic N) is 1. The van der Waals surface area contributed by atoms with Crippen LogP contribution in [-0.2, 0) is 9.53 Å². The zero-order chi connectivity index (χ0) is 10.4. The van der Waals surface area contributed by atoms with E-state index in [1.165, 1.54) is 25.4 Å². The van der Waals surface area contributed by atoms with Gasteiger partial charge in [-0.05, 0) is 24.0 Å². The first-order valence-corrected chi connectivity index (χ1v) is 3.77. The summed E-state index contributed by atoms with van der Waals surface area (Å²) in [4.78, 5) is 24.9. The number of hydrogen-bond acceptors (Lipinski definition) is 4. The number of pyridine rings is 1. The van der Waals surface area contributed by atoms with Gasteiger partial charge in [-0.3, -0.25) is 4.79 Å². The minimum atomic E-state index is -0.457. The molecule has 0 aliphatic carbocycles. The summed E-state index contributed by atoms with van der Waals surface area (Å²) in [6, 6.07) is 2.97. The Hall–Kier alpha value is -2.15. The van der Waals surface area contributed by atoms with Gasteiger partial charge in [0.15, 0.2) is 6.29 Å². The van der Waals surface area contributed by atoms with Gasteiger partial charge in [0.25, 0.3) is 0 Å². The minimum absolute atomic E-state index is 0.359. The standard InChI is InChI=1S/C10H7NO3/c1-14-10(13)8-4-5-11-9(7-8)3-2-6-12/h4-7H,1H3. The number of hydrogen-bond donors (Lipinski definition) is 0. The summed E-state index contributed by atoms with van der Waals surface area (Å²) in [5.41, 5.74) is 0.720. The van der Waals surface area contributed by atoms with E-state index >= 15 is 0 Å². The lowest BCUT2D eigenvalue weighted by Gasteiger charge is -1.97. The van der Waals surface area contributed by atoms with E-state index in [2.05, 4.69) is 21.6 Å². The molecular formula is C10H7NO3. The van der Waals surface area contributed by atoms with Crippen LogP contribution >= 0.6 is 0 Å². The average molecular weight is 189 g/mol. The zero-order valence-corrected chi connectivity index (χ0v) is 7.48. The molecule has 1 rings (SSSR count).